The van der Waals surface area contributed by atoms with E-state index in [0.29, 0.717) is 5.02 Å². The molecule has 0 spiro atoms. The van der Waals surface area contributed by atoms with E-state index in [9.17, 15) is 0 Å². The van der Waals surface area contributed by atoms with Crippen LogP contribution in [0.3, 0.4) is 0 Å². The summed E-state index contributed by atoms with van der Waals surface area (Å²) in [5, 5.41) is 0.698. The molecule has 0 saturated heterocycles. The smallest absolute Gasteiger partial charge is 0.0709 e. The lowest BCUT2D eigenvalue weighted by Crippen LogP contribution is -2.10. The van der Waals surface area contributed by atoms with Crippen molar-refractivity contribution in [3.63, 3.8) is 0 Å². The van der Waals surface area contributed by atoms with Crippen molar-refractivity contribution >= 4 is 11.6 Å². The second-order valence-electron chi connectivity index (χ2n) is 8.98. The summed E-state index contributed by atoms with van der Waals surface area (Å²) in [5.74, 6) is 0.734. The minimum atomic E-state index is 0.112. The molecule has 0 radical (unpaired) electrons. The molecule has 2 aromatic carbocycles. The van der Waals surface area contributed by atoms with Gasteiger partial charge in [-0.05, 0) is 53.0 Å². The largest absolute Gasteiger partial charge is 0.255 e. The molecule has 28 heavy (non-hydrogen) atoms. The van der Waals surface area contributed by atoms with Gasteiger partial charge in [0, 0.05) is 17.3 Å². The van der Waals surface area contributed by atoms with Crippen molar-refractivity contribution in [3.05, 3.63) is 76.9 Å². The zero-order chi connectivity index (χ0) is 19.7. The molecule has 3 aromatic rings. The molecule has 0 atom stereocenters. The second kappa shape index (κ2) is 7.72. The van der Waals surface area contributed by atoms with Crippen molar-refractivity contribution in [2.75, 3.05) is 0 Å². The highest BCUT2D eigenvalue weighted by atomic mass is 35.5. The zero-order valence-electron chi connectivity index (χ0n) is 17.0. The number of hydrogen-bond donors (Lipinski definition) is 0. The molecular weight excluding hydrogens is 362 g/mol. The van der Waals surface area contributed by atoms with Gasteiger partial charge < -0.3 is 0 Å². The highest BCUT2D eigenvalue weighted by Gasteiger charge is 2.18. The molecular formula is C26H28ClN. The number of hydrogen-bond acceptors (Lipinski definition) is 1. The molecule has 1 heterocycles. The normalized spacial score (nSPS) is 15.1. The average molecular weight is 390 g/mol. The van der Waals surface area contributed by atoms with Crippen LogP contribution in [0.25, 0.3) is 22.4 Å². The molecule has 1 saturated carbocycles. The Hall–Kier alpha value is -2.12. The van der Waals surface area contributed by atoms with E-state index in [-0.39, 0.29) is 5.41 Å². The minimum Gasteiger partial charge on any atom is -0.255 e. The lowest BCUT2D eigenvalue weighted by Gasteiger charge is -2.19. The summed E-state index contributed by atoms with van der Waals surface area (Å²) in [5.41, 5.74) is 7.18. The number of halogens is 1. The lowest BCUT2D eigenvalue weighted by molar-refractivity contribution is 0.590. The molecule has 1 aliphatic carbocycles. The fourth-order valence-corrected chi connectivity index (χ4v) is 4.37. The van der Waals surface area contributed by atoms with E-state index in [1.165, 1.54) is 36.8 Å². The van der Waals surface area contributed by atoms with Gasteiger partial charge in [-0.3, -0.25) is 4.98 Å². The Balaban J connectivity index is 1.68. The van der Waals surface area contributed by atoms with Crippen LogP contribution in [-0.2, 0) is 5.41 Å². The molecule has 4 rings (SSSR count). The van der Waals surface area contributed by atoms with Gasteiger partial charge in [-0.2, -0.15) is 0 Å². The van der Waals surface area contributed by atoms with Crippen molar-refractivity contribution < 1.29 is 0 Å². The fourth-order valence-electron chi connectivity index (χ4n) is 4.16. The number of benzene rings is 2. The van der Waals surface area contributed by atoms with Gasteiger partial charge in [0.25, 0.3) is 0 Å². The van der Waals surface area contributed by atoms with Crippen molar-refractivity contribution in [2.45, 2.75) is 57.8 Å². The molecule has 0 bridgehead atoms. The molecule has 1 fully saturated rings. The van der Waals surface area contributed by atoms with Gasteiger partial charge in [-0.15, -0.1) is 0 Å². The highest BCUT2D eigenvalue weighted by Crippen LogP contribution is 2.36. The van der Waals surface area contributed by atoms with Gasteiger partial charge in [-0.1, -0.05) is 87.7 Å². The van der Waals surface area contributed by atoms with Crippen LogP contribution in [0.2, 0.25) is 5.02 Å². The number of aromatic nitrogens is 1. The molecule has 0 aliphatic heterocycles. The quantitative estimate of drug-likeness (QED) is 0.441. The molecule has 1 aliphatic rings. The Morgan fingerprint density at radius 3 is 2.29 bits per heavy atom. The summed E-state index contributed by atoms with van der Waals surface area (Å²) in [4.78, 5) is 4.61. The minimum absolute atomic E-state index is 0.112. The van der Waals surface area contributed by atoms with E-state index in [1.54, 1.807) is 6.20 Å². The summed E-state index contributed by atoms with van der Waals surface area (Å²) in [6.07, 6.45) is 7.15. The number of nitrogens with zero attached hydrogens (tertiary/aromatic N) is 1. The Kier molecular flexibility index (Phi) is 5.29. The molecule has 0 amide bonds. The van der Waals surface area contributed by atoms with Gasteiger partial charge in [0.05, 0.1) is 10.7 Å². The van der Waals surface area contributed by atoms with Crippen LogP contribution in [0.1, 0.15) is 63.5 Å². The maximum absolute atomic E-state index is 6.53. The van der Waals surface area contributed by atoms with Gasteiger partial charge in [0.2, 0.25) is 0 Å². The Labute approximate surface area is 173 Å². The summed E-state index contributed by atoms with van der Waals surface area (Å²) in [6, 6.07) is 19.8. The number of pyridine rings is 1. The van der Waals surface area contributed by atoms with Gasteiger partial charge in [0.15, 0.2) is 0 Å². The van der Waals surface area contributed by atoms with E-state index in [2.05, 4.69) is 80.4 Å². The van der Waals surface area contributed by atoms with Crippen molar-refractivity contribution in [2.24, 2.45) is 0 Å². The molecule has 144 valence electrons. The first-order chi connectivity index (χ1) is 13.4. The second-order valence-corrected chi connectivity index (χ2v) is 9.39. The summed E-state index contributed by atoms with van der Waals surface area (Å²) in [6.45, 7) is 6.70. The van der Waals surface area contributed by atoms with Crippen molar-refractivity contribution in [1.82, 2.24) is 4.98 Å². The maximum atomic E-state index is 6.53. The third kappa shape index (κ3) is 4.00. The van der Waals surface area contributed by atoms with Crippen LogP contribution < -0.4 is 0 Å². The zero-order valence-corrected chi connectivity index (χ0v) is 17.8. The van der Waals surface area contributed by atoms with Gasteiger partial charge in [0.1, 0.15) is 0 Å². The summed E-state index contributed by atoms with van der Waals surface area (Å²) < 4.78 is 0. The number of rotatable bonds is 3. The Bertz CT molecular complexity index is 960. The Morgan fingerprint density at radius 2 is 1.61 bits per heavy atom. The first-order valence-corrected chi connectivity index (χ1v) is 10.7. The molecule has 2 heteroatoms. The van der Waals surface area contributed by atoms with E-state index in [4.69, 9.17) is 11.6 Å². The van der Waals surface area contributed by atoms with Crippen LogP contribution in [0.15, 0.2) is 60.8 Å². The fraction of sp³-hybridized carbons (Fsp3) is 0.346. The maximum Gasteiger partial charge on any atom is 0.0709 e. The van der Waals surface area contributed by atoms with Crippen molar-refractivity contribution in [1.29, 1.82) is 0 Å². The van der Waals surface area contributed by atoms with E-state index >= 15 is 0 Å². The SMILES string of the molecule is CC(C)(C)c1cccc(-c2cc(-c3ccc(C4CCCC4)cc3)c(Cl)cn2)c1. The van der Waals surface area contributed by atoms with Crippen LogP contribution in [0.5, 0.6) is 0 Å². The predicted octanol–water partition coefficient (Wildman–Crippen LogP) is 8.02. The van der Waals surface area contributed by atoms with Crippen LogP contribution >= 0.6 is 11.6 Å². The van der Waals surface area contributed by atoms with Crippen LogP contribution in [0, 0.1) is 0 Å². The van der Waals surface area contributed by atoms with Crippen LogP contribution in [0.4, 0.5) is 0 Å². The highest BCUT2D eigenvalue weighted by molar-refractivity contribution is 6.33. The van der Waals surface area contributed by atoms with Crippen molar-refractivity contribution in [3.8, 4) is 22.4 Å². The van der Waals surface area contributed by atoms with E-state index in [1.807, 2.05) is 0 Å². The molecule has 0 unspecified atom stereocenters. The third-order valence-electron chi connectivity index (χ3n) is 5.93. The lowest BCUT2D eigenvalue weighted by atomic mass is 9.86. The average Bonchev–Trinajstić information content (AvgIpc) is 3.23. The summed E-state index contributed by atoms with van der Waals surface area (Å²) in [7, 11) is 0. The predicted molar refractivity (Wildman–Crippen MR) is 120 cm³/mol. The van der Waals surface area contributed by atoms with Gasteiger partial charge >= 0.3 is 0 Å². The molecule has 1 aromatic heterocycles. The third-order valence-corrected chi connectivity index (χ3v) is 6.23. The van der Waals surface area contributed by atoms with E-state index < -0.39 is 0 Å². The first kappa shape index (κ1) is 19.2. The standard InChI is InChI=1S/C26H28ClN/c1-26(2,3)22-10-6-9-21(15-22)25-16-23(24(27)17-28-25)20-13-11-19(12-14-20)18-7-4-5-8-18/h6,9-18H,4-5,7-8H2,1-3H3. The summed E-state index contributed by atoms with van der Waals surface area (Å²) >= 11 is 6.53. The van der Waals surface area contributed by atoms with Gasteiger partial charge in [-0.25, -0.2) is 0 Å². The topological polar surface area (TPSA) is 12.9 Å². The monoisotopic (exact) mass is 389 g/mol. The molecule has 1 nitrogen and oxygen atoms in total. The Morgan fingerprint density at radius 1 is 0.893 bits per heavy atom. The first-order valence-electron chi connectivity index (χ1n) is 10.3. The van der Waals surface area contributed by atoms with E-state index in [0.717, 1.165) is 28.3 Å². The molecule has 0 N–H and O–H groups in total. The van der Waals surface area contributed by atoms with Crippen LogP contribution in [-0.4, -0.2) is 4.98 Å².